The van der Waals surface area contributed by atoms with Gasteiger partial charge in [-0.3, -0.25) is 0 Å². The van der Waals surface area contributed by atoms with Crippen molar-refractivity contribution in [2.75, 3.05) is 26.2 Å². The molecule has 1 aliphatic heterocycles. The maximum absolute atomic E-state index is 9.11. The van der Waals surface area contributed by atoms with Gasteiger partial charge >= 0.3 is 0 Å². The molecule has 2 atom stereocenters. The summed E-state index contributed by atoms with van der Waals surface area (Å²) >= 11 is 0. The van der Waals surface area contributed by atoms with Crippen LogP contribution in [0.25, 0.3) is 0 Å². The number of hydrogen-bond acceptors (Lipinski definition) is 4. The van der Waals surface area contributed by atoms with Crippen molar-refractivity contribution in [1.29, 1.82) is 10.5 Å². The van der Waals surface area contributed by atoms with Crippen molar-refractivity contribution in [2.24, 2.45) is 11.8 Å². The van der Waals surface area contributed by atoms with E-state index < -0.39 is 0 Å². The number of aliphatic hydroxyl groups is 1. The van der Waals surface area contributed by atoms with Crippen LogP contribution in [0.15, 0.2) is 0 Å². The molecule has 0 bridgehead atoms. The molecule has 0 aromatic rings. The van der Waals surface area contributed by atoms with Gasteiger partial charge in [0.2, 0.25) is 0 Å². The Kier molecular flexibility index (Phi) is 5.85. The number of nitrogens with zero attached hydrogens (tertiary/aromatic N) is 3. The molecule has 1 saturated heterocycles. The largest absolute Gasteiger partial charge is 0.396 e. The average Bonchev–Trinajstić information content (AvgIpc) is 2.34. The Bertz CT molecular complexity index is 279. The van der Waals surface area contributed by atoms with Crippen molar-refractivity contribution in [3.8, 4) is 12.1 Å². The molecule has 1 N–H and O–H groups in total. The quantitative estimate of drug-likeness (QED) is 0.755. The molecule has 0 radical (unpaired) electrons. The molecule has 1 fully saturated rings. The lowest BCUT2D eigenvalue weighted by Gasteiger charge is -2.32. The fourth-order valence-corrected chi connectivity index (χ4v) is 2.21. The number of rotatable bonds is 5. The van der Waals surface area contributed by atoms with Crippen LogP contribution in [-0.2, 0) is 0 Å². The second-order valence-corrected chi connectivity index (χ2v) is 4.47. The Morgan fingerprint density at radius 3 is 2.88 bits per heavy atom. The second-order valence-electron chi connectivity index (χ2n) is 4.47. The first-order valence-corrected chi connectivity index (χ1v) is 5.90. The average molecular weight is 221 g/mol. The molecule has 4 heteroatoms. The third-order valence-corrected chi connectivity index (χ3v) is 3.13. The Hall–Kier alpha value is -1.10. The minimum atomic E-state index is -0.0444. The van der Waals surface area contributed by atoms with Crippen LogP contribution in [0, 0.1) is 34.5 Å². The fourth-order valence-electron chi connectivity index (χ4n) is 2.21. The molecule has 16 heavy (non-hydrogen) atoms. The van der Waals surface area contributed by atoms with Gasteiger partial charge in [0.15, 0.2) is 0 Å². The first kappa shape index (κ1) is 13.0. The van der Waals surface area contributed by atoms with Crippen LogP contribution in [0.5, 0.6) is 0 Å². The number of likely N-dealkylation sites (tertiary alicyclic amines) is 1. The summed E-state index contributed by atoms with van der Waals surface area (Å²) < 4.78 is 0. The van der Waals surface area contributed by atoms with Crippen molar-refractivity contribution >= 4 is 0 Å². The van der Waals surface area contributed by atoms with Crippen molar-refractivity contribution in [3.63, 3.8) is 0 Å². The lowest BCUT2D eigenvalue weighted by molar-refractivity contribution is 0.113. The van der Waals surface area contributed by atoms with Crippen LogP contribution in [0.2, 0.25) is 0 Å². The first-order valence-electron chi connectivity index (χ1n) is 5.90. The van der Waals surface area contributed by atoms with Crippen molar-refractivity contribution in [1.82, 2.24) is 4.90 Å². The zero-order valence-corrected chi connectivity index (χ0v) is 9.60. The summed E-state index contributed by atoms with van der Waals surface area (Å²) in [5, 5.41) is 26.6. The summed E-state index contributed by atoms with van der Waals surface area (Å²) in [7, 11) is 0. The lowest BCUT2D eigenvalue weighted by atomic mass is 9.97. The van der Waals surface area contributed by atoms with Gasteiger partial charge in [0.25, 0.3) is 0 Å². The van der Waals surface area contributed by atoms with Gasteiger partial charge in [-0.25, -0.2) is 0 Å². The van der Waals surface area contributed by atoms with E-state index in [9.17, 15) is 0 Å². The van der Waals surface area contributed by atoms with Crippen molar-refractivity contribution in [3.05, 3.63) is 0 Å². The highest BCUT2D eigenvalue weighted by Gasteiger charge is 2.21. The minimum absolute atomic E-state index is 0.0444. The molecule has 4 nitrogen and oxygen atoms in total. The van der Waals surface area contributed by atoms with Gasteiger partial charge in [-0.05, 0) is 31.7 Å². The third kappa shape index (κ3) is 4.18. The topological polar surface area (TPSA) is 71.0 Å². The summed E-state index contributed by atoms with van der Waals surface area (Å²) in [4.78, 5) is 2.25. The van der Waals surface area contributed by atoms with E-state index in [1.54, 1.807) is 0 Å². The standard InChI is InChI=1S/C12H19N3O/c13-5-1-3-11(7-14)8-15-6-2-4-12(9-15)10-16/h11-12,16H,1-4,6,8-10H2. The van der Waals surface area contributed by atoms with Gasteiger partial charge in [0.1, 0.15) is 0 Å². The van der Waals surface area contributed by atoms with Crippen molar-refractivity contribution < 1.29 is 5.11 Å². The zero-order chi connectivity index (χ0) is 11.8. The molecular formula is C12H19N3O. The molecule has 0 saturated carbocycles. The van der Waals surface area contributed by atoms with Gasteiger partial charge in [-0.2, -0.15) is 10.5 Å². The lowest BCUT2D eigenvalue weighted by Crippen LogP contribution is -2.39. The Morgan fingerprint density at radius 1 is 1.44 bits per heavy atom. The van der Waals surface area contributed by atoms with E-state index in [1.807, 2.05) is 0 Å². The normalized spacial score (nSPS) is 23.3. The minimum Gasteiger partial charge on any atom is -0.396 e. The van der Waals surface area contributed by atoms with E-state index in [1.165, 1.54) is 0 Å². The van der Waals surface area contributed by atoms with Crippen LogP contribution in [-0.4, -0.2) is 36.2 Å². The van der Waals surface area contributed by atoms with Gasteiger partial charge in [0.05, 0.1) is 18.1 Å². The van der Waals surface area contributed by atoms with Crippen LogP contribution in [0.4, 0.5) is 0 Å². The summed E-state index contributed by atoms with van der Waals surface area (Å²) in [6.07, 6.45) is 3.30. The Morgan fingerprint density at radius 2 is 2.25 bits per heavy atom. The van der Waals surface area contributed by atoms with E-state index in [-0.39, 0.29) is 12.5 Å². The molecule has 0 amide bonds. The predicted molar refractivity (Wildman–Crippen MR) is 60.2 cm³/mol. The van der Waals surface area contributed by atoms with Crippen LogP contribution in [0.3, 0.4) is 0 Å². The molecule has 0 aromatic heterocycles. The van der Waals surface area contributed by atoms with E-state index in [4.69, 9.17) is 15.6 Å². The monoisotopic (exact) mass is 221 g/mol. The SMILES string of the molecule is N#CCCC(C#N)CN1CCCC(CO)C1. The van der Waals surface area contributed by atoms with Crippen LogP contribution >= 0.6 is 0 Å². The number of aliphatic hydroxyl groups excluding tert-OH is 1. The van der Waals surface area contributed by atoms with Gasteiger partial charge in [-0.15, -0.1) is 0 Å². The molecule has 0 aromatic carbocycles. The summed E-state index contributed by atoms with van der Waals surface area (Å²) in [6.45, 7) is 2.89. The Labute approximate surface area is 97.1 Å². The van der Waals surface area contributed by atoms with E-state index in [0.29, 0.717) is 18.8 Å². The summed E-state index contributed by atoms with van der Waals surface area (Å²) in [6, 6.07) is 4.34. The van der Waals surface area contributed by atoms with Crippen LogP contribution < -0.4 is 0 Å². The smallest absolute Gasteiger partial charge is 0.0669 e. The number of piperidine rings is 1. The Balaban J connectivity index is 2.34. The van der Waals surface area contributed by atoms with Gasteiger partial charge in [0, 0.05) is 26.1 Å². The van der Waals surface area contributed by atoms with E-state index in [2.05, 4.69) is 17.0 Å². The summed E-state index contributed by atoms with van der Waals surface area (Å²) in [5.41, 5.74) is 0. The molecule has 1 aliphatic rings. The van der Waals surface area contributed by atoms with Crippen LogP contribution in [0.1, 0.15) is 25.7 Å². The molecule has 88 valence electrons. The van der Waals surface area contributed by atoms with E-state index >= 15 is 0 Å². The zero-order valence-electron chi connectivity index (χ0n) is 9.60. The molecule has 0 aliphatic carbocycles. The highest BCUT2D eigenvalue weighted by atomic mass is 16.3. The predicted octanol–water partition coefficient (Wildman–Crippen LogP) is 1.13. The van der Waals surface area contributed by atoms with Gasteiger partial charge < -0.3 is 10.0 Å². The number of hydrogen-bond donors (Lipinski definition) is 1. The van der Waals surface area contributed by atoms with Crippen molar-refractivity contribution in [2.45, 2.75) is 25.7 Å². The molecular weight excluding hydrogens is 202 g/mol. The maximum Gasteiger partial charge on any atom is 0.0669 e. The fraction of sp³-hybridized carbons (Fsp3) is 0.833. The third-order valence-electron chi connectivity index (χ3n) is 3.13. The highest BCUT2D eigenvalue weighted by molar-refractivity contribution is 4.89. The molecule has 1 heterocycles. The van der Waals surface area contributed by atoms with Gasteiger partial charge in [-0.1, -0.05) is 0 Å². The first-order chi connectivity index (χ1) is 7.80. The summed E-state index contributed by atoms with van der Waals surface area (Å²) in [5.74, 6) is 0.321. The van der Waals surface area contributed by atoms with E-state index in [0.717, 1.165) is 32.5 Å². The highest BCUT2D eigenvalue weighted by Crippen LogP contribution is 2.18. The molecule has 2 unspecified atom stereocenters. The molecule has 0 spiro atoms. The molecule has 1 rings (SSSR count). The second kappa shape index (κ2) is 7.22. The number of nitriles is 2. The maximum atomic E-state index is 9.11.